The lowest BCUT2D eigenvalue weighted by Gasteiger charge is -2.28. The molecule has 160 valence electrons. The van der Waals surface area contributed by atoms with Crippen molar-refractivity contribution in [3.63, 3.8) is 0 Å². The molecule has 1 heteroatoms. The number of likely N-dealkylation sites (tertiary alicyclic amines) is 1. The minimum absolute atomic E-state index is 0.819. The minimum Gasteiger partial charge on any atom is -0.300 e. The van der Waals surface area contributed by atoms with Crippen LogP contribution in [-0.4, -0.2) is 24.0 Å². The summed E-state index contributed by atoms with van der Waals surface area (Å²) in [5.74, 6) is 0.907. The van der Waals surface area contributed by atoms with Crippen molar-refractivity contribution in [2.75, 3.05) is 13.1 Å². The Morgan fingerprint density at radius 3 is 1.89 bits per heavy atom. The molecule has 27 heavy (non-hydrogen) atoms. The first-order valence-electron chi connectivity index (χ1n) is 12.6. The third-order valence-electron chi connectivity index (χ3n) is 6.45. The van der Waals surface area contributed by atoms with Crippen LogP contribution in [0.15, 0.2) is 12.2 Å². The van der Waals surface area contributed by atoms with Crippen molar-refractivity contribution in [3.05, 3.63) is 12.2 Å². The fourth-order valence-electron chi connectivity index (χ4n) is 4.49. The standard InChI is InChI=1S/C26H51N/c1-4-5-6-7-8-9-10-11-12-13-14-15-16-17-18-19-23-27-24-25(2)21-20-22-26(27)3/h10-11,25-26H,4-9,12-24H2,1-3H3. The first kappa shape index (κ1) is 24.7. The van der Waals surface area contributed by atoms with Gasteiger partial charge in [0.25, 0.3) is 0 Å². The van der Waals surface area contributed by atoms with E-state index in [1.54, 1.807) is 0 Å². The normalized spacial score (nSPS) is 21.7. The molecule has 1 aliphatic rings. The van der Waals surface area contributed by atoms with Crippen molar-refractivity contribution in [2.24, 2.45) is 5.92 Å². The Balaban J connectivity index is 1.83. The van der Waals surface area contributed by atoms with Crippen molar-refractivity contribution in [1.82, 2.24) is 4.90 Å². The van der Waals surface area contributed by atoms with Crippen LogP contribution in [0.1, 0.15) is 130 Å². The van der Waals surface area contributed by atoms with Crippen LogP contribution in [0.25, 0.3) is 0 Å². The first-order valence-corrected chi connectivity index (χ1v) is 12.6. The molecule has 0 amide bonds. The number of allylic oxidation sites excluding steroid dienone is 2. The fourth-order valence-corrected chi connectivity index (χ4v) is 4.49. The molecule has 1 nitrogen and oxygen atoms in total. The second kappa shape index (κ2) is 17.8. The predicted octanol–water partition coefficient (Wildman–Crippen LogP) is 8.53. The molecule has 0 aromatic rings. The summed E-state index contributed by atoms with van der Waals surface area (Å²) >= 11 is 0. The third kappa shape index (κ3) is 14.4. The fraction of sp³-hybridized carbons (Fsp3) is 0.923. The Morgan fingerprint density at radius 2 is 1.26 bits per heavy atom. The van der Waals surface area contributed by atoms with E-state index in [9.17, 15) is 0 Å². The van der Waals surface area contributed by atoms with Crippen molar-refractivity contribution in [2.45, 2.75) is 136 Å². The Labute approximate surface area is 172 Å². The molecule has 0 N–H and O–H groups in total. The molecule has 1 fully saturated rings. The Bertz CT molecular complexity index is 335. The number of rotatable bonds is 16. The molecule has 0 aromatic carbocycles. The summed E-state index contributed by atoms with van der Waals surface area (Å²) < 4.78 is 0. The van der Waals surface area contributed by atoms with Crippen molar-refractivity contribution >= 4 is 0 Å². The van der Waals surface area contributed by atoms with Gasteiger partial charge in [0.15, 0.2) is 0 Å². The molecule has 2 unspecified atom stereocenters. The Morgan fingerprint density at radius 1 is 0.704 bits per heavy atom. The molecule has 0 bridgehead atoms. The molecule has 1 saturated heterocycles. The topological polar surface area (TPSA) is 3.24 Å². The molecule has 1 aliphatic heterocycles. The van der Waals surface area contributed by atoms with Crippen LogP contribution >= 0.6 is 0 Å². The van der Waals surface area contributed by atoms with Crippen molar-refractivity contribution in [1.29, 1.82) is 0 Å². The molecule has 1 rings (SSSR count). The molecular weight excluding hydrogens is 326 g/mol. The van der Waals surface area contributed by atoms with Crippen LogP contribution in [0.5, 0.6) is 0 Å². The van der Waals surface area contributed by atoms with Crippen LogP contribution in [0.4, 0.5) is 0 Å². The van der Waals surface area contributed by atoms with E-state index in [4.69, 9.17) is 0 Å². The van der Waals surface area contributed by atoms with Gasteiger partial charge in [-0.2, -0.15) is 0 Å². The zero-order valence-electron chi connectivity index (χ0n) is 19.2. The van der Waals surface area contributed by atoms with E-state index in [1.165, 1.54) is 122 Å². The maximum atomic E-state index is 2.77. The summed E-state index contributed by atoms with van der Waals surface area (Å²) in [5, 5.41) is 0. The molecule has 0 spiro atoms. The van der Waals surface area contributed by atoms with Gasteiger partial charge in [0.2, 0.25) is 0 Å². The average Bonchev–Trinajstić information content (AvgIpc) is 2.82. The second-order valence-electron chi connectivity index (χ2n) is 9.32. The highest BCUT2D eigenvalue weighted by Gasteiger charge is 2.19. The van der Waals surface area contributed by atoms with Crippen LogP contribution < -0.4 is 0 Å². The lowest BCUT2D eigenvalue weighted by molar-refractivity contribution is 0.190. The zero-order valence-corrected chi connectivity index (χ0v) is 19.2. The van der Waals surface area contributed by atoms with Gasteiger partial charge >= 0.3 is 0 Å². The minimum atomic E-state index is 0.819. The van der Waals surface area contributed by atoms with Gasteiger partial charge in [-0.3, -0.25) is 0 Å². The number of hydrogen-bond acceptors (Lipinski definition) is 1. The van der Waals surface area contributed by atoms with Gasteiger partial charge in [0, 0.05) is 12.6 Å². The number of nitrogens with zero attached hydrogens (tertiary/aromatic N) is 1. The SMILES string of the molecule is CCCCCCCC=CCCCCCCCCCN1CC(C)CCCC1C. The summed E-state index contributed by atoms with van der Waals surface area (Å²) in [5.41, 5.74) is 0. The second-order valence-corrected chi connectivity index (χ2v) is 9.32. The third-order valence-corrected chi connectivity index (χ3v) is 6.45. The van der Waals surface area contributed by atoms with E-state index >= 15 is 0 Å². The summed E-state index contributed by atoms with van der Waals surface area (Å²) in [6, 6.07) is 0.819. The maximum Gasteiger partial charge on any atom is 0.00670 e. The lowest BCUT2D eigenvalue weighted by Crippen LogP contribution is -2.35. The number of hydrogen-bond donors (Lipinski definition) is 0. The zero-order chi connectivity index (χ0) is 19.6. The summed E-state index contributed by atoms with van der Waals surface area (Å²) in [6.45, 7) is 9.85. The smallest absolute Gasteiger partial charge is 0.00670 e. The van der Waals surface area contributed by atoms with Crippen molar-refractivity contribution in [3.8, 4) is 0 Å². The van der Waals surface area contributed by atoms with Gasteiger partial charge in [-0.1, -0.05) is 90.2 Å². The van der Waals surface area contributed by atoms with Crippen LogP contribution in [-0.2, 0) is 0 Å². The van der Waals surface area contributed by atoms with E-state index in [0.717, 1.165) is 12.0 Å². The van der Waals surface area contributed by atoms with E-state index < -0.39 is 0 Å². The molecule has 0 radical (unpaired) electrons. The highest BCUT2D eigenvalue weighted by molar-refractivity contribution is 4.81. The Hall–Kier alpha value is -0.300. The lowest BCUT2D eigenvalue weighted by atomic mass is 10.1. The van der Waals surface area contributed by atoms with Gasteiger partial charge in [-0.25, -0.2) is 0 Å². The molecule has 1 heterocycles. The van der Waals surface area contributed by atoms with Crippen LogP contribution in [0.3, 0.4) is 0 Å². The highest BCUT2D eigenvalue weighted by atomic mass is 15.1. The van der Waals surface area contributed by atoms with Gasteiger partial charge < -0.3 is 4.90 Å². The van der Waals surface area contributed by atoms with E-state index in [0.29, 0.717) is 0 Å². The summed E-state index contributed by atoms with van der Waals surface area (Å²) in [4.78, 5) is 2.77. The van der Waals surface area contributed by atoms with Gasteiger partial charge in [0.1, 0.15) is 0 Å². The quantitative estimate of drug-likeness (QED) is 0.192. The predicted molar refractivity (Wildman–Crippen MR) is 124 cm³/mol. The average molecular weight is 378 g/mol. The van der Waals surface area contributed by atoms with Gasteiger partial charge in [-0.15, -0.1) is 0 Å². The van der Waals surface area contributed by atoms with Crippen molar-refractivity contribution < 1.29 is 0 Å². The van der Waals surface area contributed by atoms with E-state index in [1.807, 2.05) is 0 Å². The van der Waals surface area contributed by atoms with Gasteiger partial charge in [0.05, 0.1) is 0 Å². The monoisotopic (exact) mass is 377 g/mol. The molecule has 0 saturated carbocycles. The van der Waals surface area contributed by atoms with E-state index in [-0.39, 0.29) is 0 Å². The highest BCUT2D eigenvalue weighted by Crippen LogP contribution is 2.21. The molecule has 2 atom stereocenters. The maximum absolute atomic E-state index is 2.77. The van der Waals surface area contributed by atoms with E-state index in [2.05, 4.69) is 37.8 Å². The summed E-state index contributed by atoms with van der Waals surface area (Å²) in [6.07, 6.45) is 28.8. The first-order chi connectivity index (χ1) is 13.2. The summed E-state index contributed by atoms with van der Waals surface area (Å²) in [7, 11) is 0. The molecule has 0 aromatic heterocycles. The van der Waals surface area contributed by atoms with Crippen LogP contribution in [0, 0.1) is 5.92 Å². The number of unbranched alkanes of at least 4 members (excludes halogenated alkanes) is 12. The van der Waals surface area contributed by atoms with Gasteiger partial charge in [-0.05, 0) is 64.3 Å². The molecule has 0 aliphatic carbocycles. The van der Waals surface area contributed by atoms with Crippen LogP contribution in [0.2, 0.25) is 0 Å². The molecular formula is C26H51N. The largest absolute Gasteiger partial charge is 0.300 e. The Kier molecular flexibility index (Phi) is 16.3.